The van der Waals surface area contributed by atoms with Crippen LogP contribution in [0.15, 0.2) is 29.2 Å². The molecule has 2 nitrogen and oxygen atoms in total. The van der Waals surface area contributed by atoms with Gasteiger partial charge in [-0.2, -0.15) is 0 Å². The third-order valence-corrected chi connectivity index (χ3v) is 4.41. The minimum Gasteiger partial charge on any atom is -0.271 e. The van der Waals surface area contributed by atoms with Crippen LogP contribution in [0.5, 0.6) is 0 Å². The summed E-state index contributed by atoms with van der Waals surface area (Å²) in [5.74, 6) is 7.35. The van der Waals surface area contributed by atoms with Crippen LogP contribution >= 0.6 is 11.8 Å². The molecule has 0 aliphatic heterocycles. The van der Waals surface area contributed by atoms with Gasteiger partial charge in [0.25, 0.3) is 0 Å². The zero-order chi connectivity index (χ0) is 12.7. The summed E-state index contributed by atoms with van der Waals surface area (Å²) in [6.45, 7) is 6.58. The van der Waals surface area contributed by atoms with Gasteiger partial charge in [0.1, 0.15) is 0 Å². The van der Waals surface area contributed by atoms with Crippen molar-refractivity contribution in [2.24, 2.45) is 11.8 Å². The van der Waals surface area contributed by atoms with E-state index in [2.05, 4.69) is 50.5 Å². The number of benzene rings is 1. The van der Waals surface area contributed by atoms with Crippen molar-refractivity contribution in [2.45, 2.75) is 44.6 Å². The normalized spacial score (nSPS) is 13.0. The summed E-state index contributed by atoms with van der Waals surface area (Å²) in [5.41, 5.74) is 4.27. The molecule has 96 valence electrons. The molecule has 0 fully saturated rings. The van der Waals surface area contributed by atoms with Crippen LogP contribution in [-0.2, 0) is 0 Å². The molecule has 1 aromatic rings. The molecule has 1 rings (SSSR count). The number of hydrazine groups is 1. The Morgan fingerprint density at radius 1 is 1.18 bits per heavy atom. The van der Waals surface area contributed by atoms with Gasteiger partial charge in [0.2, 0.25) is 0 Å². The molecule has 1 aromatic carbocycles. The molecular weight excluding hydrogens is 228 g/mol. The maximum Gasteiger partial charge on any atom is 0.0332 e. The molecule has 0 aliphatic carbocycles. The van der Waals surface area contributed by atoms with Gasteiger partial charge >= 0.3 is 0 Å². The summed E-state index contributed by atoms with van der Waals surface area (Å²) in [7, 11) is 0. The molecule has 0 bridgehead atoms. The summed E-state index contributed by atoms with van der Waals surface area (Å²) in [6, 6.07) is 9.08. The van der Waals surface area contributed by atoms with E-state index in [-0.39, 0.29) is 0 Å². The van der Waals surface area contributed by atoms with Crippen molar-refractivity contribution in [3.05, 3.63) is 29.8 Å². The Hall–Kier alpha value is -0.510. The van der Waals surface area contributed by atoms with Crippen LogP contribution < -0.4 is 11.3 Å². The topological polar surface area (TPSA) is 38.0 Å². The second kappa shape index (κ2) is 7.75. The SMILES string of the molecule is CCC(CC)C(CSc1ccc(C)cc1)NN. The lowest BCUT2D eigenvalue weighted by Crippen LogP contribution is -2.42. The van der Waals surface area contributed by atoms with Gasteiger partial charge in [-0.15, -0.1) is 11.8 Å². The Labute approximate surface area is 109 Å². The quantitative estimate of drug-likeness (QED) is 0.444. The minimum atomic E-state index is 0.399. The maximum absolute atomic E-state index is 5.65. The number of hydrogen-bond donors (Lipinski definition) is 2. The fraction of sp³-hybridized carbons (Fsp3) is 0.571. The Balaban J connectivity index is 2.49. The van der Waals surface area contributed by atoms with Crippen LogP contribution in [0.2, 0.25) is 0 Å². The first-order chi connectivity index (χ1) is 8.21. The van der Waals surface area contributed by atoms with Crippen LogP contribution in [0, 0.1) is 12.8 Å². The number of hydrogen-bond acceptors (Lipinski definition) is 3. The maximum atomic E-state index is 5.65. The number of nitrogens with one attached hydrogen (secondary N) is 1. The van der Waals surface area contributed by atoms with Crippen molar-refractivity contribution in [2.75, 3.05) is 5.75 Å². The number of aryl methyl sites for hydroxylation is 1. The van der Waals surface area contributed by atoms with Crippen LogP contribution in [-0.4, -0.2) is 11.8 Å². The predicted molar refractivity (Wildman–Crippen MR) is 77.1 cm³/mol. The van der Waals surface area contributed by atoms with E-state index in [0.717, 1.165) is 5.75 Å². The van der Waals surface area contributed by atoms with Gasteiger partial charge in [-0.05, 0) is 25.0 Å². The van der Waals surface area contributed by atoms with E-state index in [1.54, 1.807) is 0 Å². The highest BCUT2D eigenvalue weighted by atomic mass is 32.2. The lowest BCUT2D eigenvalue weighted by Gasteiger charge is -2.24. The van der Waals surface area contributed by atoms with E-state index in [4.69, 9.17) is 5.84 Å². The lowest BCUT2D eigenvalue weighted by molar-refractivity contribution is 0.364. The zero-order valence-electron chi connectivity index (χ0n) is 11.1. The first-order valence-corrected chi connectivity index (χ1v) is 7.35. The monoisotopic (exact) mass is 252 g/mol. The van der Waals surface area contributed by atoms with Gasteiger partial charge in [-0.3, -0.25) is 11.3 Å². The Morgan fingerprint density at radius 2 is 1.76 bits per heavy atom. The number of thioether (sulfide) groups is 1. The molecule has 17 heavy (non-hydrogen) atoms. The Kier molecular flexibility index (Phi) is 6.63. The smallest absolute Gasteiger partial charge is 0.0332 e. The van der Waals surface area contributed by atoms with Crippen LogP contribution in [0.1, 0.15) is 32.3 Å². The molecule has 0 amide bonds. The van der Waals surface area contributed by atoms with Crippen LogP contribution in [0.3, 0.4) is 0 Å². The molecule has 3 heteroatoms. The van der Waals surface area contributed by atoms with Gasteiger partial charge in [0.05, 0.1) is 0 Å². The first-order valence-electron chi connectivity index (χ1n) is 6.36. The highest BCUT2D eigenvalue weighted by Crippen LogP contribution is 2.23. The predicted octanol–water partition coefficient (Wildman–Crippen LogP) is 3.36. The molecule has 0 aliphatic rings. The van der Waals surface area contributed by atoms with E-state index in [1.807, 2.05) is 11.8 Å². The number of nitrogens with two attached hydrogens (primary N) is 1. The first kappa shape index (κ1) is 14.6. The summed E-state index contributed by atoms with van der Waals surface area (Å²) in [4.78, 5) is 1.32. The summed E-state index contributed by atoms with van der Waals surface area (Å²) < 4.78 is 0. The van der Waals surface area contributed by atoms with Crippen molar-refractivity contribution in [3.8, 4) is 0 Å². The van der Waals surface area contributed by atoms with E-state index in [1.165, 1.54) is 23.3 Å². The second-order valence-corrected chi connectivity index (χ2v) is 5.57. The van der Waals surface area contributed by atoms with Crippen molar-refractivity contribution in [3.63, 3.8) is 0 Å². The molecule has 0 spiro atoms. The zero-order valence-corrected chi connectivity index (χ0v) is 11.9. The summed E-state index contributed by atoms with van der Waals surface area (Å²) in [6.07, 6.45) is 2.36. The van der Waals surface area contributed by atoms with Crippen molar-refractivity contribution in [1.29, 1.82) is 0 Å². The highest BCUT2D eigenvalue weighted by molar-refractivity contribution is 7.99. The fourth-order valence-electron chi connectivity index (χ4n) is 2.00. The van der Waals surface area contributed by atoms with Gasteiger partial charge in [0, 0.05) is 16.7 Å². The van der Waals surface area contributed by atoms with Gasteiger partial charge in [0.15, 0.2) is 0 Å². The molecule has 1 atom stereocenters. The Bertz CT molecular complexity index is 307. The molecule has 0 heterocycles. The molecule has 1 unspecified atom stereocenters. The van der Waals surface area contributed by atoms with E-state index >= 15 is 0 Å². The van der Waals surface area contributed by atoms with E-state index in [0.29, 0.717) is 12.0 Å². The Morgan fingerprint density at radius 3 is 2.24 bits per heavy atom. The van der Waals surface area contributed by atoms with Crippen molar-refractivity contribution >= 4 is 11.8 Å². The summed E-state index contributed by atoms with van der Waals surface area (Å²) in [5, 5.41) is 0. The van der Waals surface area contributed by atoms with Gasteiger partial charge in [-0.1, -0.05) is 44.4 Å². The van der Waals surface area contributed by atoms with E-state index in [9.17, 15) is 0 Å². The van der Waals surface area contributed by atoms with E-state index < -0.39 is 0 Å². The molecule has 0 aromatic heterocycles. The molecule has 0 radical (unpaired) electrons. The fourth-order valence-corrected chi connectivity index (χ4v) is 3.07. The molecule has 0 saturated heterocycles. The average Bonchev–Trinajstić information content (AvgIpc) is 2.36. The van der Waals surface area contributed by atoms with Gasteiger partial charge in [-0.25, -0.2) is 0 Å². The minimum absolute atomic E-state index is 0.399. The summed E-state index contributed by atoms with van der Waals surface area (Å²) >= 11 is 1.88. The number of rotatable bonds is 7. The van der Waals surface area contributed by atoms with Crippen LogP contribution in [0.4, 0.5) is 0 Å². The molecule has 0 saturated carbocycles. The molecular formula is C14H24N2S. The van der Waals surface area contributed by atoms with Crippen LogP contribution in [0.25, 0.3) is 0 Å². The molecule has 3 N–H and O–H groups in total. The average molecular weight is 252 g/mol. The largest absolute Gasteiger partial charge is 0.271 e. The van der Waals surface area contributed by atoms with Crippen molar-refractivity contribution < 1.29 is 0 Å². The second-order valence-electron chi connectivity index (χ2n) is 4.47. The van der Waals surface area contributed by atoms with Crippen molar-refractivity contribution in [1.82, 2.24) is 5.43 Å². The third kappa shape index (κ3) is 4.70. The highest BCUT2D eigenvalue weighted by Gasteiger charge is 2.16. The lowest BCUT2D eigenvalue weighted by atomic mass is 9.96. The van der Waals surface area contributed by atoms with Gasteiger partial charge < -0.3 is 0 Å². The standard InChI is InChI=1S/C14H24N2S/c1-4-12(5-2)14(16-15)10-17-13-8-6-11(3)7-9-13/h6-9,12,14,16H,4-5,10,15H2,1-3H3. The third-order valence-electron chi connectivity index (χ3n) is 3.28.